The van der Waals surface area contributed by atoms with E-state index in [9.17, 15) is 9.59 Å². The van der Waals surface area contributed by atoms with Crippen LogP contribution >= 0.6 is 15.9 Å². The molecule has 1 aromatic carbocycles. The molecular formula is C19H21BrN2O3. The number of amides is 2. The molecule has 0 saturated carbocycles. The van der Waals surface area contributed by atoms with Gasteiger partial charge in [0.25, 0.3) is 11.8 Å². The maximum atomic E-state index is 12.4. The largest absolute Gasteiger partial charge is 0.444 e. The Balaban J connectivity index is 1.54. The van der Waals surface area contributed by atoms with Crippen molar-refractivity contribution in [1.29, 1.82) is 0 Å². The third kappa shape index (κ3) is 4.12. The molecule has 0 bridgehead atoms. The minimum atomic E-state index is -0.107. The van der Waals surface area contributed by atoms with Crippen molar-refractivity contribution in [2.24, 2.45) is 0 Å². The number of likely N-dealkylation sites (tertiary alicyclic amines) is 1. The Morgan fingerprint density at radius 3 is 2.44 bits per heavy atom. The van der Waals surface area contributed by atoms with Crippen LogP contribution in [0.5, 0.6) is 0 Å². The highest BCUT2D eigenvalue weighted by Crippen LogP contribution is 2.19. The number of hydrogen-bond donors (Lipinski definition) is 1. The van der Waals surface area contributed by atoms with E-state index < -0.39 is 0 Å². The number of benzene rings is 1. The van der Waals surface area contributed by atoms with Gasteiger partial charge in [0.15, 0.2) is 10.4 Å². The van der Waals surface area contributed by atoms with Gasteiger partial charge in [-0.05, 0) is 78.0 Å². The third-order valence-electron chi connectivity index (χ3n) is 4.67. The number of furan rings is 1. The fraction of sp³-hybridized carbons (Fsp3) is 0.368. The molecule has 0 radical (unpaired) electrons. The number of carbonyl (C=O) groups is 2. The van der Waals surface area contributed by atoms with Crippen molar-refractivity contribution in [1.82, 2.24) is 10.2 Å². The van der Waals surface area contributed by atoms with Crippen molar-refractivity contribution in [3.8, 4) is 0 Å². The van der Waals surface area contributed by atoms with Crippen molar-refractivity contribution in [3.05, 3.63) is 57.5 Å². The lowest BCUT2D eigenvalue weighted by atomic mass is 10.0. The van der Waals surface area contributed by atoms with E-state index in [1.165, 1.54) is 5.56 Å². The molecule has 3 rings (SSSR count). The first-order valence-corrected chi connectivity index (χ1v) is 9.16. The third-order valence-corrected chi connectivity index (χ3v) is 5.10. The lowest BCUT2D eigenvalue weighted by Crippen LogP contribution is -2.46. The molecule has 6 heteroatoms. The van der Waals surface area contributed by atoms with Crippen LogP contribution in [-0.2, 0) is 0 Å². The summed E-state index contributed by atoms with van der Waals surface area (Å²) in [6.07, 6.45) is 1.48. The van der Waals surface area contributed by atoms with Crippen molar-refractivity contribution >= 4 is 27.7 Å². The highest BCUT2D eigenvalue weighted by molar-refractivity contribution is 9.10. The summed E-state index contributed by atoms with van der Waals surface area (Å²) >= 11 is 3.21. The van der Waals surface area contributed by atoms with Gasteiger partial charge in [0.2, 0.25) is 0 Å². The Bertz CT molecular complexity index is 792. The second-order valence-electron chi connectivity index (χ2n) is 6.44. The van der Waals surface area contributed by atoms with Crippen molar-refractivity contribution in [3.63, 3.8) is 0 Å². The van der Waals surface area contributed by atoms with E-state index in [0.717, 1.165) is 18.4 Å². The number of nitrogens with zero attached hydrogens (tertiary/aromatic N) is 1. The summed E-state index contributed by atoms with van der Waals surface area (Å²) in [7, 11) is 0. The number of nitrogens with one attached hydrogen (secondary N) is 1. The quantitative estimate of drug-likeness (QED) is 0.847. The standard InChI is InChI=1S/C19H21BrN2O3/c1-12-3-4-14(11-13(12)2)18(23)21-15-7-9-22(10-8-15)19(24)16-5-6-17(20)25-16/h3-6,11,15H,7-10H2,1-2H3,(H,21,23). The highest BCUT2D eigenvalue weighted by atomic mass is 79.9. The lowest BCUT2D eigenvalue weighted by molar-refractivity contribution is 0.0666. The smallest absolute Gasteiger partial charge is 0.289 e. The van der Waals surface area contributed by atoms with Gasteiger partial charge >= 0.3 is 0 Å². The molecule has 25 heavy (non-hydrogen) atoms. The van der Waals surface area contributed by atoms with E-state index in [1.54, 1.807) is 17.0 Å². The summed E-state index contributed by atoms with van der Waals surface area (Å²) in [6, 6.07) is 9.20. The molecule has 2 heterocycles. The Labute approximate surface area is 155 Å². The van der Waals surface area contributed by atoms with Crippen molar-refractivity contribution < 1.29 is 14.0 Å². The molecule has 132 valence electrons. The van der Waals surface area contributed by atoms with E-state index in [2.05, 4.69) is 21.2 Å². The summed E-state index contributed by atoms with van der Waals surface area (Å²) < 4.78 is 5.87. The summed E-state index contributed by atoms with van der Waals surface area (Å²) in [6.45, 7) is 5.24. The van der Waals surface area contributed by atoms with Gasteiger partial charge in [0.1, 0.15) is 0 Å². The van der Waals surface area contributed by atoms with E-state index >= 15 is 0 Å². The topological polar surface area (TPSA) is 62.6 Å². The molecule has 0 aliphatic carbocycles. The molecule has 1 N–H and O–H groups in total. The fourth-order valence-electron chi connectivity index (χ4n) is 2.96. The van der Waals surface area contributed by atoms with Crippen LogP contribution in [-0.4, -0.2) is 35.8 Å². The summed E-state index contributed by atoms with van der Waals surface area (Å²) in [5.41, 5.74) is 2.97. The molecule has 5 nitrogen and oxygen atoms in total. The molecule has 2 aromatic rings. The molecule has 0 atom stereocenters. The van der Waals surface area contributed by atoms with Crippen molar-refractivity contribution in [2.75, 3.05) is 13.1 Å². The maximum Gasteiger partial charge on any atom is 0.289 e. The average Bonchev–Trinajstić information content (AvgIpc) is 3.04. The Kier molecular flexibility index (Phi) is 5.27. The zero-order valence-electron chi connectivity index (χ0n) is 14.3. The van der Waals surface area contributed by atoms with Crippen LogP contribution in [0.2, 0.25) is 0 Å². The maximum absolute atomic E-state index is 12.4. The molecule has 1 aliphatic rings. The molecular weight excluding hydrogens is 384 g/mol. The van der Waals surface area contributed by atoms with Crippen LogP contribution in [0.3, 0.4) is 0 Å². The van der Waals surface area contributed by atoms with Crippen LogP contribution in [0.4, 0.5) is 0 Å². The van der Waals surface area contributed by atoms with E-state index in [0.29, 0.717) is 29.1 Å². The second kappa shape index (κ2) is 7.44. The summed E-state index contributed by atoms with van der Waals surface area (Å²) in [5, 5.41) is 3.08. The van der Waals surface area contributed by atoms with Crippen LogP contribution in [0, 0.1) is 13.8 Å². The predicted octanol–water partition coefficient (Wildman–Crippen LogP) is 3.69. The minimum Gasteiger partial charge on any atom is -0.444 e. The number of carbonyl (C=O) groups excluding carboxylic acids is 2. The van der Waals surface area contributed by atoms with Gasteiger partial charge in [-0.3, -0.25) is 9.59 Å². The van der Waals surface area contributed by atoms with Crippen LogP contribution in [0.15, 0.2) is 39.4 Å². The van der Waals surface area contributed by atoms with Crippen LogP contribution in [0.1, 0.15) is 44.9 Å². The normalized spacial score (nSPS) is 15.2. The summed E-state index contributed by atoms with van der Waals surface area (Å²) in [4.78, 5) is 26.5. The number of aryl methyl sites for hydroxylation is 2. The summed E-state index contributed by atoms with van der Waals surface area (Å²) in [5.74, 6) is 0.178. The molecule has 1 aliphatic heterocycles. The number of rotatable bonds is 3. The predicted molar refractivity (Wildman–Crippen MR) is 98.7 cm³/mol. The molecule has 0 spiro atoms. The first-order chi connectivity index (χ1) is 11.9. The molecule has 2 amide bonds. The van der Waals surface area contributed by atoms with Gasteiger partial charge < -0.3 is 14.6 Å². The Morgan fingerprint density at radius 2 is 1.84 bits per heavy atom. The first-order valence-electron chi connectivity index (χ1n) is 8.37. The number of halogens is 1. The Hall–Kier alpha value is -2.08. The molecule has 0 unspecified atom stereocenters. The van der Waals surface area contributed by atoms with E-state index in [4.69, 9.17) is 4.42 Å². The van der Waals surface area contributed by atoms with E-state index in [1.807, 2.05) is 32.0 Å². The van der Waals surface area contributed by atoms with Gasteiger partial charge in [-0.1, -0.05) is 6.07 Å². The van der Waals surface area contributed by atoms with Crippen LogP contribution in [0.25, 0.3) is 0 Å². The van der Waals surface area contributed by atoms with Crippen LogP contribution < -0.4 is 5.32 Å². The first kappa shape index (κ1) is 17.7. The molecule has 1 fully saturated rings. The Morgan fingerprint density at radius 1 is 1.12 bits per heavy atom. The SMILES string of the molecule is Cc1ccc(C(=O)NC2CCN(C(=O)c3ccc(Br)o3)CC2)cc1C. The van der Waals surface area contributed by atoms with Gasteiger partial charge in [-0.2, -0.15) is 0 Å². The monoisotopic (exact) mass is 404 g/mol. The van der Waals surface area contributed by atoms with Crippen molar-refractivity contribution in [2.45, 2.75) is 32.7 Å². The molecule has 1 aromatic heterocycles. The molecule has 1 saturated heterocycles. The number of piperidine rings is 1. The number of hydrogen-bond acceptors (Lipinski definition) is 3. The van der Waals surface area contributed by atoms with Gasteiger partial charge in [0, 0.05) is 24.7 Å². The fourth-order valence-corrected chi connectivity index (χ4v) is 3.27. The zero-order valence-corrected chi connectivity index (χ0v) is 15.9. The highest BCUT2D eigenvalue weighted by Gasteiger charge is 2.26. The average molecular weight is 405 g/mol. The van der Waals surface area contributed by atoms with Gasteiger partial charge in [-0.15, -0.1) is 0 Å². The minimum absolute atomic E-state index is 0.0529. The van der Waals surface area contributed by atoms with E-state index in [-0.39, 0.29) is 17.9 Å². The second-order valence-corrected chi connectivity index (χ2v) is 7.22. The van der Waals surface area contributed by atoms with Gasteiger partial charge in [0.05, 0.1) is 0 Å². The van der Waals surface area contributed by atoms with Gasteiger partial charge in [-0.25, -0.2) is 0 Å². The lowest BCUT2D eigenvalue weighted by Gasteiger charge is -2.31. The zero-order chi connectivity index (χ0) is 18.0.